The number of nitrogens with two attached hydrogens (primary N) is 2. The number of thioether (sulfide) groups is 1. The molecule has 4 rings (SSSR count). The second kappa shape index (κ2) is 11.3. The van der Waals surface area contributed by atoms with Gasteiger partial charge in [0.2, 0.25) is 5.88 Å². The summed E-state index contributed by atoms with van der Waals surface area (Å²) in [7, 11) is 2.08. The molecule has 1 aliphatic carbocycles. The summed E-state index contributed by atoms with van der Waals surface area (Å²) in [5, 5.41) is 9.61. The van der Waals surface area contributed by atoms with Crippen molar-refractivity contribution in [2.75, 3.05) is 20.2 Å². The molecule has 35 heavy (non-hydrogen) atoms. The van der Waals surface area contributed by atoms with Crippen LogP contribution in [-0.2, 0) is 4.79 Å². The van der Waals surface area contributed by atoms with Gasteiger partial charge in [0.25, 0.3) is 0 Å². The molecule has 4 atom stereocenters. The minimum Gasteiger partial charge on any atom is -0.476 e. The summed E-state index contributed by atoms with van der Waals surface area (Å²) in [6.45, 7) is 3.55. The van der Waals surface area contributed by atoms with Crippen molar-refractivity contribution in [3.05, 3.63) is 33.1 Å². The lowest BCUT2D eigenvalue weighted by Gasteiger charge is -2.26. The normalized spacial score (nSPS) is 27.4. The molecule has 0 radical (unpaired) electrons. The van der Waals surface area contributed by atoms with Crippen molar-refractivity contribution in [1.29, 1.82) is 5.26 Å². The molecule has 0 aromatic carbocycles. The molecule has 2 unspecified atom stereocenters. The largest absolute Gasteiger partial charge is 0.476 e. The molecule has 3 heterocycles. The number of carbonyl (C=O) groups is 1. The number of nitrogens with zero attached hydrogens (tertiary/aromatic N) is 4. The van der Waals surface area contributed by atoms with Gasteiger partial charge in [-0.05, 0) is 62.6 Å². The Balaban J connectivity index is 1.63. The number of aromatic nitrogens is 2. The topological polar surface area (TPSA) is 131 Å². The molecule has 10 heteroatoms. The molecule has 1 fully saturated rings. The van der Waals surface area contributed by atoms with E-state index in [0.29, 0.717) is 36.9 Å². The zero-order valence-electron chi connectivity index (χ0n) is 20.3. The zero-order valence-corrected chi connectivity index (χ0v) is 21.9. The fraction of sp³-hybridized carbons (Fsp3) is 0.600. The number of ether oxygens (including phenoxy) is 1. The third-order valence-electron chi connectivity index (χ3n) is 7.12. The van der Waals surface area contributed by atoms with E-state index in [4.69, 9.17) is 27.8 Å². The second-order valence-corrected chi connectivity index (χ2v) is 11.1. The summed E-state index contributed by atoms with van der Waals surface area (Å²) in [4.78, 5) is 26.0. The highest BCUT2D eigenvalue weighted by molar-refractivity contribution is 8.03. The van der Waals surface area contributed by atoms with Crippen LogP contribution in [0.2, 0.25) is 5.15 Å². The van der Waals surface area contributed by atoms with E-state index in [-0.39, 0.29) is 27.8 Å². The number of likely N-dealkylation sites (N-methyl/N-ethyl adjacent to an activating group) is 1. The van der Waals surface area contributed by atoms with Crippen molar-refractivity contribution in [2.24, 2.45) is 23.3 Å². The van der Waals surface area contributed by atoms with Crippen LogP contribution in [0.4, 0.5) is 0 Å². The van der Waals surface area contributed by atoms with Crippen molar-refractivity contribution < 1.29 is 9.53 Å². The van der Waals surface area contributed by atoms with Crippen molar-refractivity contribution >= 4 is 34.8 Å². The van der Waals surface area contributed by atoms with Gasteiger partial charge in [-0.3, -0.25) is 4.79 Å². The highest BCUT2D eigenvalue weighted by atomic mass is 35.5. The maximum Gasteiger partial charge on any atom is 0.218 e. The molecule has 1 saturated heterocycles. The number of hydrogen-bond acceptors (Lipinski definition) is 9. The Morgan fingerprint density at radius 3 is 2.86 bits per heavy atom. The van der Waals surface area contributed by atoms with E-state index in [0.717, 1.165) is 49.1 Å². The van der Waals surface area contributed by atoms with Gasteiger partial charge in [0.05, 0.1) is 23.1 Å². The summed E-state index contributed by atoms with van der Waals surface area (Å²) in [6.07, 6.45) is 5.87. The Morgan fingerprint density at radius 2 is 2.17 bits per heavy atom. The minimum atomic E-state index is -0.454. The van der Waals surface area contributed by atoms with Gasteiger partial charge in [-0.2, -0.15) is 10.2 Å². The molecule has 1 aromatic rings. The molecule has 0 spiro atoms. The Kier molecular flexibility index (Phi) is 8.38. The van der Waals surface area contributed by atoms with E-state index in [1.807, 2.05) is 6.92 Å². The number of rotatable bonds is 8. The summed E-state index contributed by atoms with van der Waals surface area (Å²) >= 11 is 7.82. The van der Waals surface area contributed by atoms with Gasteiger partial charge >= 0.3 is 0 Å². The lowest BCUT2D eigenvalue weighted by Crippen LogP contribution is -2.31. The molecular formula is C25H33ClN6O2S. The van der Waals surface area contributed by atoms with Crippen LogP contribution in [0.3, 0.4) is 0 Å². The van der Waals surface area contributed by atoms with Crippen LogP contribution in [0.5, 0.6) is 5.88 Å². The number of halogens is 1. The lowest BCUT2D eigenvalue weighted by atomic mass is 9.76. The number of nitriles is 1. The highest BCUT2D eigenvalue weighted by Gasteiger charge is 2.42. The standard InChI is InChI=1S/C25H33ClN6O2S/c1-3-6-16(23(33)15-8-4-9-18-21(15)17(12-27)24(29)35-18)22(28)25-30-19(26)11-20(31-25)34-13-14-7-5-10-32(14)2/h11,14-15,17,24H,3-10,13,28-29H2,1-2H3/t14-,15-,17?,24?/m0/s1. The van der Waals surface area contributed by atoms with Crippen LogP contribution in [0.15, 0.2) is 22.1 Å². The fourth-order valence-corrected chi connectivity index (χ4v) is 6.76. The molecule has 0 bridgehead atoms. The van der Waals surface area contributed by atoms with E-state index in [1.165, 1.54) is 11.8 Å². The van der Waals surface area contributed by atoms with Crippen molar-refractivity contribution in [3.63, 3.8) is 0 Å². The van der Waals surface area contributed by atoms with Gasteiger partial charge in [-0.25, -0.2) is 4.98 Å². The van der Waals surface area contributed by atoms with Crippen LogP contribution in [-0.4, -0.2) is 52.3 Å². The summed E-state index contributed by atoms with van der Waals surface area (Å²) in [6, 6.07) is 4.22. The third-order valence-corrected chi connectivity index (χ3v) is 8.58. The Bertz CT molecular complexity index is 1080. The zero-order chi connectivity index (χ0) is 25.1. The Labute approximate surface area is 216 Å². The van der Waals surface area contributed by atoms with Gasteiger partial charge < -0.3 is 21.1 Å². The predicted molar refractivity (Wildman–Crippen MR) is 138 cm³/mol. The lowest BCUT2D eigenvalue weighted by molar-refractivity contribution is -0.118. The fourth-order valence-electron chi connectivity index (χ4n) is 5.25. The molecule has 0 saturated carbocycles. The summed E-state index contributed by atoms with van der Waals surface area (Å²) < 4.78 is 5.95. The van der Waals surface area contributed by atoms with Crippen LogP contribution < -0.4 is 16.2 Å². The number of likely N-dealkylation sites (tertiary alicyclic amines) is 1. The molecule has 8 nitrogen and oxygen atoms in total. The molecular weight excluding hydrogens is 484 g/mol. The number of carbonyl (C=O) groups excluding carboxylic acids is 1. The smallest absolute Gasteiger partial charge is 0.218 e. The highest BCUT2D eigenvalue weighted by Crippen LogP contribution is 2.50. The number of hydrogen-bond donors (Lipinski definition) is 2. The molecule has 0 amide bonds. The third kappa shape index (κ3) is 5.51. The number of ketones is 1. The van der Waals surface area contributed by atoms with Crippen LogP contribution in [0, 0.1) is 23.2 Å². The molecule has 1 aromatic heterocycles. The second-order valence-electron chi connectivity index (χ2n) is 9.46. The van der Waals surface area contributed by atoms with Crippen LogP contribution in [0.1, 0.15) is 57.7 Å². The van der Waals surface area contributed by atoms with Crippen LogP contribution in [0.25, 0.3) is 5.70 Å². The van der Waals surface area contributed by atoms with Gasteiger partial charge in [-0.15, -0.1) is 11.8 Å². The minimum absolute atomic E-state index is 0.0647. The first-order chi connectivity index (χ1) is 16.8. The maximum absolute atomic E-state index is 13.9. The van der Waals surface area contributed by atoms with Gasteiger partial charge in [-0.1, -0.05) is 24.9 Å². The van der Waals surface area contributed by atoms with Crippen LogP contribution >= 0.6 is 23.4 Å². The quantitative estimate of drug-likeness (QED) is 0.390. The first-order valence-electron chi connectivity index (χ1n) is 12.3. The first-order valence-corrected chi connectivity index (χ1v) is 13.5. The van der Waals surface area contributed by atoms with Gasteiger partial charge in [0, 0.05) is 23.6 Å². The molecule has 3 aliphatic rings. The monoisotopic (exact) mass is 516 g/mol. The van der Waals surface area contributed by atoms with Crippen molar-refractivity contribution in [1.82, 2.24) is 14.9 Å². The van der Waals surface area contributed by atoms with Gasteiger partial charge in [0.1, 0.15) is 11.8 Å². The molecule has 2 aliphatic heterocycles. The van der Waals surface area contributed by atoms with E-state index in [2.05, 4.69) is 28.0 Å². The number of Topliss-reactive ketones (excluding diaryl/α,β-unsaturated/α-hetero) is 1. The van der Waals surface area contributed by atoms with Crippen molar-refractivity contribution in [2.45, 2.75) is 63.3 Å². The van der Waals surface area contributed by atoms with E-state index in [9.17, 15) is 10.1 Å². The predicted octanol–water partition coefficient (Wildman–Crippen LogP) is 3.87. The van der Waals surface area contributed by atoms with E-state index < -0.39 is 11.8 Å². The average Bonchev–Trinajstić information content (AvgIpc) is 3.40. The SMILES string of the molecule is CCCC(C(=O)[C@H]1CCCC2=C1C(C#N)C(N)S2)=C(N)c1nc(Cl)cc(OC[C@@H]2CCCN2C)n1. The Hall–Kier alpha value is -2.12. The van der Waals surface area contributed by atoms with E-state index >= 15 is 0 Å². The molecule has 4 N–H and O–H groups in total. The summed E-state index contributed by atoms with van der Waals surface area (Å²) in [5.74, 6) is -0.368. The van der Waals surface area contributed by atoms with Gasteiger partial charge in [0.15, 0.2) is 11.6 Å². The Morgan fingerprint density at radius 1 is 1.37 bits per heavy atom. The summed E-state index contributed by atoms with van der Waals surface area (Å²) in [5.41, 5.74) is 14.3. The van der Waals surface area contributed by atoms with E-state index in [1.54, 1.807) is 6.07 Å². The average molecular weight is 517 g/mol. The first kappa shape index (κ1) is 26.0. The maximum atomic E-state index is 13.9. The number of allylic oxidation sites excluding steroid dienone is 2. The van der Waals surface area contributed by atoms with Crippen molar-refractivity contribution in [3.8, 4) is 11.9 Å². The molecule has 188 valence electrons.